The van der Waals surface area contributed by atoms with Gasteiger partial charge < -0.3 is 28.4 Å². The van der Waals surface area contributed by atoms with E-state index in [9.17, 15) is 63.1 Å². The average molecular weight is 1890 g/mol. The number of aryl methyl sites for hydroxylation is 4. The summed E-state index contributed by atoms with van der Waals surface area (Å²) in [4.78, 5) is 48.4. The number of benzene rings is 8. The van der Waals surface area contributed by atoms with Gasteiger partial charge in [-0.2, -0.15) is 179 Å². The Kier molecular flexibility index (Phi) is 35.4. The van der Waals surface area contributed by atoms with Crippen molar-refractivity contribution in [2.75, 3.05) is 0 Å². The van der Waals surface area contributed by atoms with Crippen LogP contribution in [0.2, 0.25) is 20.1 Å². The van der Waals surface area contributed by atoms with Gasteiger partial charge in [-0.1, -0.05) is 30.3 Å². The number of rotatable bonds is 20. The SMILES string of the molecule is Cn1nnn(-c2cccc(C(F)(F)F)c2COc2cc[c-]cc2Cl)c1=O.Cn1nnn(-c2cccc(C(F)F)c2COc2cc[c-]cc2Cl)c1=O.Cn1nnn(-c2cccc(OC(F)(F)F)c2COc2cc[c-]cc2Cl)c1=O.Cn1nnn(-c2cccc(OC(F)F)c2COc2cc[c-]cc2Cl)c1=O.[Y].[Y].[Y].[Y]. The van der Waals surface area contributed by atoms with Crippen molar-refractivity contribution in [3.05, 3.63) is 265 Å². The zero-order valence-electron chi connectivity index (χ0n) is 55.7. The van der Waals surface area contributed by atoms with E-state index in [1.54, 1.807) is 24.3 Å². The number of halogens is 14. The van der Waals surface area contributed by atoms with Crippen molar-refractivity contribution in [3.8, 4) is 57.2 Å². The molecule has 0 N–H and O–H groups in total. The fourth-order valence-corrected chi connectivity index (χ4v) is 9.80. The minimum absolute atomic E-state index is 0. The van der Waals surface area contributed by atoms with Gasteiger partial charge in [0.2, 0.25) is 0 Å². The Bertz CT molecular complexity index is 5240. The summed E-state index contributed by atoms with van der Waals surface area (Å²) in [6.45, 7) is -4.29. The number of aromatic nitrogens is 16. The van der Waals surface area contributed by atoms with Crippen molar-refractivity contribution >= 4 is 46.4 Å². The summed E-state index contributed by atoms with van der Waals surface area (Å²) >= 11 is 23.9. The Morgan fingerprint density at radius 1 is 0.389 bits per heavy atom. The summed E-state index contributed by atoms with van der Waals surface area (Å²) < 4.78 is 169. The summed E-state index contributed by atoms with van der Waals surface area (Å²) in [5.41, 5.74) is -3.27. The summed E-state index contributed by atoms with van der Waals surface area (Å²) in [6, 6.07) is 45.0. The summed E-state index contributed by atoms with van der Waals surface area (Å²) in [6.07, 6.45) is -12.3. The molecule has 0 fully saturated rings. The van der Waals surface area contributed by atoms with E-state index < -0.39 is 66.3 Å². The maximum atomic E-state index is 13.4. The van der Waals surface area contributed by atoms with Crippen LogP contribution in [0.25, 0.3) is 22.7 Å². The molecular formula is C64H46Cl4F10N16O10Y4-4. The zero-order valence-corrected chi connectivity index (χ0v) is 70.1. The second kappa shape index (κ2) is 41.8. The molecule has 8 aromatic carbocycles. The first-order valence-electron chi connectivity index (χ1n) is 29.2. The number of alkyl halides is 10. The topological polar surface area (TPSA) is 266 Å². The minimum atomic E-state index is -4.93. The summed E-state index contributed by atoms with van der Waals surface area (Å²) in [5, 5.41) is 30.0. The molecule has 108 heavy (non-hydrogen) atoms. The molecular weight excluding hydrogens is 1840 g/mol. The van der Waals surface area contributed by atoms with Crippen molar-refractivity contribution in [1.82, 2.24) is 79.2 Å². The van der Waals surface area contributed by atoms with Crippen LogP contribution in [0.5, 0.6) is 34.5 Å². The molecule has 0 spiro atoms. The molecule has 0 atom stereocenters. The van der Waals surface area contributed by atoms with Gasteiger partial charge in [0.15, 0.2) is 0 Å². The third kappa shape index (κ3) is 23.7. The molecule has 0 aliphatic carbocycles. The van der Waals surface area contributed by atoms with Gasteiger partial charge in [0, 0.05) is 199 Å². The predicted octanol–water partition coefficient (Wildman–Crippen LogP) is 11.4. The molecule has 0 saturated heterocycles. The van der Waals surface area contributed by atoms with Crippen LogP contribution < -0.4 is 51.2 Å². The van der Waals surface area contributed by atoms with Crippen LogP contribution in [0.4, 0.5) is 43.9 Å². The van der Waals surface area contributed by atoms with Crippen LogP contribution in [-0.2, 0) is 192 Å². The van der Waals surface area contributed by atoms with E-state index in [2.05, 4.69) is 75.4 Å². The van der Waals surface area contributed by atoms with E-state index in [4.69, 9.17) is 65.4 Å². The standard InChI is InChI=1S/C16H11ClF3N4O3.C16H11ClF3N4O2.C16H12ClF2N4O3.C16H12ClF2N4O2.4Y/c1-23-15(25)24(22-21-23)12-6-4-8-13(27-16(18,19)20)10(12)9-26-14-7-3-2-5-11(14)17;1-23-15(25)24(22-21-23)13-7-4-5-11(16(18,19)20)10(13)9-26-14-8-3-2-6-12(14)17;1-22-16(24)23(21-20-22)12-6-4-8-13(26-15(18)19)10(12)9-25-14-7-3-2-5-11(14)17;1-22-16(24)23(21-20-22)13-7-4-5-10(15(18)19)11(13)9-25-14-8-3-2-6-12(14)17;;;;/h3-8H,9H2,1H3;3-8H,9H2,1H3;3-8,15H,9H2,1H3;3-8,15H,9H2,1H3;;;;/q4*-1;;;;. The van der Waals surface area contributed by atoms with E-state index >= 15 is 0 Å². The Hall–Kier alpha value is -7.08. The first-order valence-corrected chi connectivity index (χ1v) is 30.7. The fourth-order valence-electron chi connectivity index (χ4n) is 9.07. The Labute approximate surface area is 723 Å². The normalized spacial score (nSPS) is 10.9. The van der Waals surface area contributed by atoms with Gasteiger partial charge in [0.05, 0.1) is 39.4 Å². The number of ether oxygens (including phenoxy) is 6. The number of tetrazole rings is 4. The number of nitrogens with zero attached hydrogens (tertiary/aromatic N) is 16. The van der Waals surface area contributed by atoms with Crippen molar-refractivity contribution in [3.63, 3.8) is 0 Å². The fraction of sp³-hybridized carbons (Fsp3) is 0.188. The van der Waals surface area contributed by atoms with Gasteiger partial charge in [-0.3, -0.25) is 0 Å². The van der Waals surface area contributed by atoms with E-state index in [0.29, 0.717) is 21.5 Å². The van der Waals surface area contributed by atoms with Gasteiger partial charge in [-0.15, -0.1) is 37.4 Å². The second-order valence-corrected chi connectivity index (χ2v) is 22.3. The number of hydrogen-bond donors (Lipinski definition) is 0. The molecule has 0 unspecified atom stereocenters. The quantitative estimate of drug-likeness (QED) is 0.0507. The van der Waals surface area contributed by atoms with Gasteiger partial charge >= 0.3 is 41.9 Å². The van der Waals surface area contributed by atoms with Crippen LogP contribution in [-0.4, -0.2) is 92.1 Å². The molecule has 12 rings (SSSR count). The molecule has 0 amide bonds. The largest absolute Gasteiger partial charge is 0.573 e. The molecule has 556 valence electrons. The van der Waals surface area contributed by atoms with Crippen LogP contribution in [0.15, 0.2) is 165 Å². The Morgan fingerprint density at radius 3 is 0.991 bits per heavy atom. The van der Waals surface area contributed by atoms with E-state index in [-0.39, 0.29) is 229 Å². The van der Waals surface area contributed by atoms with Crippen molar-refractivity contribution in [2.45, 2.75) is 52.0 Å². The molecule has 0 aliphatic heterocycles. The smallest absolute Gasteiger partial charge is 0.513 e. The summed E-state index contributed by atoms with van der Waals surface area (Å²) in [5.74, 6) is 0.399. The molecule has 4 aromatic heterocycles. The molecule has 44 heteroatoms. The van der Waals surface area contributed by atoms with Crippen LogP contribution >= 0.6 is 46.4 Å². The van der Waals surface area contributed by atoms with Gasteiger partial charge in [0.25, 0.3) is 6.43 Å². The third-order valence-electron chi connectivity index (χ3n) is 13.9. The van der Waals surface area contributed by atoms with E-state index in [0.717, 1.165) is 49.6 Å². The molecule has 4 radical (unpaired) electrons. The molecule has 4 heterocycles. The van der Waals surface area contributed by atoms with Crippen LogP contribution in [0, 0.1) is 24.3 Å². The zero-order chi connectivity index (χ0) is 75.2. The Morgan fingerprint density at radius 2 is 0.685 bits per heavy atom. The van der Waals surface area contributed by atoms with Crippen LogP contribution in [0.1, 0.15) is 39.8 Å². The average Bonchev–Trinajstić information content (AvgIpc) is 1.57. The maximum Gasteiger partial charge on any atom is 0.573 e. The molecule has 12 aromatic rings. The van der Waals surface area contributed by atoms with Crippen LogP contribution in [0.3, 0.4) is 0 Å². The van der Waals surface area contributed by atoms with Crippen molar-refractivity contribution in [1.29, 1.82) is 0 Å². The molecule has 0 saturated carbocycles. The predicted molar refractivity (Wildman–Crippen MR) is 348 cm³/mol. The summed E-state index contributed by atoms with van der Waals surface area (Å²) in [7, 11) is 5.54. The van der Waals surface area contributed by atoms with Gasteiger partial charge in [-0.05, 0) is 104 Å². The van der Waals surface area contributed by atoms with E-state index in [1.165, 1.54) is 137 Å². The monoisotopic (exact) mass is 1880 g/mol. The molecule has 0 aliphatic rings. The second-order valence-electron chi connectivity index (χ2n) is 20.6. The minimum Gasteiger partial charge on any atom is -0.513 e. The van der Waals surface area contributed by atoms with Crippen molar-refractivity contribution in [2.24, 2.45) is 28.2 Å². The first kappa shape index (κ1) is 91.5. The first-order chi connectivity index (χ1) is 49.5. The number of hydrogen-bond acceptors (Lipinski definition) is 18. The molecule has 0 bridgehead atoms. The van der Waals surface area contributed by atoms with Crippen molar-refractivity contribution < 1.29 is 203 Å². The third-order valence-corrected chi connectivity index (χ3v) is 15.1. The maximum absolute atomic E-state index is 13.4. The molecule has 26 nitrogen and oxygen atoms in total. The van der Waals surface area contributed by atoms with Gasteiger partial charge in [-0.25, -0.2) is 28.0 Å². The Balaban J connectivity index is 0.000000255. The van der Waals surface area contributed by atoms with E-state index in [1.807, 2.05) is 0 Å². The van der Waals surface area contributed by atoms with Gasteiger partial charge in [0.1, 0.15) is 37.9 Å².